The summed E-state index contributed by atoms with van der Waals surface area (Å²) in [7, 11) is 0.557. The fourth-order valence-corrected chi connectivity index (χ4v) is 3.98. The molecule has 0 fully saturated rings. The predicted molar refractivity (Wildman–Crippen MR) is 112 cm³/mol. The lowest BCUT2D eigenvalue weighted by Gasteiger charge is -2.26. The molecule has 0 unspecified atom stereocenters. The number of imidazole rings is 1. The van der Waals surface area contributed by atoms with E-state index in [9.17, 15) is 23.4 Å². The van der Waals surface area contributed by atoms with E-state index in [1.807, 2.05) is 0 Å². The van der Waals surface area contributed by atoms with Gasteiger partial charge in [-0.1, -0.05) is 18.2 Å². The molecule has 0 bridgehead atoms. The number of aliphatic hydroxyl groups excluding tert-OH is 1. The van der Waals surface area contributed by atoms with E-state index in [2.05, 4.69) is 10.3 Å². The minimum absolute atomic E-state index is 0.0755. The van der Waals surface area contributed by atoms with Crippen LogP contribution < -0.4 is 5.32 Å². The van der Waals surface area contributed by atoms with Crippen molar-refractivity contribution in [1.29, 1.82) is 0 Å². The minimum Gasteiger partial charge on any atom is -0.396 e. The molecule has 0 aliphatic heterocycles. The Labute approximate surface area is 174 Å². The van der Waals surface area contributed by atoms with Crippen LogP contribution in [0.25, 0.3) is 10.8 Å². The fraction of sp³-hybridized carbons (Fsp3) is 0.300. The molecule has 0 saturated carbocycles. The fourth-order valence-electron chi connectivity index (χ4n) is 3.21. The van der Waals surface area contributed by atoms with E-state index in [1.54, 1.807) is 43.4 Å². The van der Waals surface area contributed by atoms with Gasteiger partial charge < -0.3 is 15.5 Å². The number of fused-ring (bicyclic) bond motifs is 1. The van der Waals surface area contributed by atoms with Gasteiger partial charge >= 0.3 is 10.2 Å². The maximum absolute atomic E-state index is 12.3. The first-order chi connectivity index (χ1) is 14.1. The van der Waals surface area contributed by atoms with Crippen LogP contribution in [0.1, 0.15) is 28.0 Å². The summed E-state index contributed by atoms with van der Waals surface area (Å²) >= 11 is 0. The van der Waals surface area contributed by atoms with Crippen LogP contribution in [-0.2, 0) is 15.8 Å². The second-order valence-electron chi connectivity index (χ2n) is 7.07. The molecule has 0 spiro atoms. The second-order valence-corrected chi connectivity index (χ2v) is 9.12. The standard InChI is InChI=1S/C20H24N4O5S/c1-21-19(26)16-5-4-15-11-17(7-6-14(15)10-16)20(27,8-9-25)18-12-24(13-22-18)30(28,29)23(2)3/h4-7,10-13,25,27H,8-9H2,1-3H3,(H,21,26)/t20-/m0/s1. The van der Waals surface area contributed by atoms with E-state index in [4.69, 9.17) is 0 Å². The predicted octanol–water partition coefficient (Wildman–Crippen LogP) is 0.669. The van der Waals surface area contributed by atoms with Crippen molar-refractivity contribution < 1.29 is 23.4 Å². The molecule has 1 amide bonds. The number of amides is 1. The van der Waals surface area contributed by atoms with Crippen molar-refractivity contribution >= 4 is 26.9 Å². The third-order valence-corrected chi connectivity index (χ3v) is 6.65. The molecular formula is C20H24N4O5S. The first-order valence-electron chi connectivity index (χ1n) is 9.20. The summed E-state index contributed by atoms with van der Waals surface area (Å²) in [5.74, 6) is -0.203. The summed E-state index contributed by atoms with van der Waals surface area (Å²) in [5, 5.41) is 25.1. The zero-order chi connectivity index (χ0) is 22.1. The molecule has 1 atom stereocenters. The van der Waals surface area contributed by atoms with Crippen molar-refractivity contribution in [3.63, 3.8) is 0 Å². The number of carbonyl (C=O) groups is 1. The van der Waals surface area contributed by atoms with Gasteiger partial charge in [0.25, 0.3) is 5.91 Å². The zero-order valence-corrected chi connectivity index (χ0v) is 17.7. The van der Waals surface area contributed by atoms with Gasteiger partial charge in [0.15, 0.2) is 0 Å². The minimum atomic E-state index is -3.79. The highest BCUT2D eigenvalue weighted by Crippen LogP contribution is 2.34. The molecule has 0 aliphatic rings. The largest absolute Gasteiger partial charge is 0.396 e. The normalized spacial score (nSPS) is 14.1. The van der Waals surface area contributed by atoms with Gasteiger partial charge in [-0.05, 0) is 34.5 Å². The van der Waals surface area contributed by atoms with Gasteiger partial charge in [0.1, 0.15) is 11.9 Å². The van der Waals surface area contributed by atoms with Gasteiger partial charge in [-0.3, -0.25) is 4.79 Å². The van der Waals surface area contributed by atoms with Gasteiger partial charge in [0, 0.05) is 45.9 Å². The Morgan fingerprint density at radius 1 is 1.20 bits per heavy atom. The van der Waals surface area contributed by atoms with Crippen molar-refractivity contribution in [2.45, 2.75) is 12.0 Å². The van der Waals surface area contributed by atoms with Crippen molar-refractivity contribution in [1.82, 2.24) is 18.6 Å². The molecule has 3 N–H and O–H groups in total. The van der Waals surface area contributed by atoms with Crippen LogP contribution in [-0.4, -0.2) is 65.5 Å². The van der Waals surface area contributed by atoms with Crippen LogP contribution in [0, 0.1) is 0 Å². The van der Waals surface area contributed by atoms with Crippen LogP contribution in [0.4, 0.5) is 0 Å². The van der Waals surface area contributed by atoms with E-state index in [-0.39, 0.29) is 24.6 Å². The molecule has 3 rings (SSSR count). The van der Waals surface area contributed by atoms with E-state index in [0.717, 1.165) is 25.4 Å². The number of rotatable bonds is 7. The molecule has 1 aromatic heterocycles. The number of hydrogen-bond donors (Lipinski definition) is 3. The van der Waals surface area contributed by atoms with Gasteiger partial charge in [-0.2, -0.15) is 12.7 Å². The second kappa shape index (κ2) is 8.15. The number of hydrogen-bond acceptors (Lipinski definition) is 6. The Bertz CT molecular complexity index is 1190. The van der Waals surface area contributed by atoms with Crippen molar-refractivity contribution in [3.8, 4) is 0 Å². The van der Waals surface area contributed by atoms with Crippen LogP contribution in [0.5, 0.6) is 0 Å². The maximum Gasteiger partial charge on any atom is 0.308 e. The Kier molecular flexibility index (Phi) is 5.95. The molecular weight excluding hydrogens is 408 g/mol. The van der Waals surface area contributed by atoms with Gasteiger partial charge in [-0.15, -0.1) is 0 Å². The van der Waals surface area contributed by atoms with Crippen LogP contribution in [0.3, 0.4) is 0 Å². The molecule has 0 aliphatic carbocycles. The highest BCUT2D eigenvalue weighted by Gasteiger charge is 2.35. The number of nitrogens with one attached hydrogen (secondary N) is 1. The van der Waals surface area contributed by atoms with Crippen molar-refractivity contribution in [2.24, 2.45) is 0 Å². The number of carbonyl (C=O) groups excluding carboxylic acids is 1. The summed E-state index contributed by atoms with van der Waals surface area (Å²) in [5.41, 5.74) is -0.640. The lowest BCUT2D eigenvalue weighted by atomic mass is 9.86. The molecule has 3 aromatic rings. The molecule has 1 heterocycles. The third kappa shape index (κ3) is 3.82. The van der Waals surface area contributed by atoms with Gasteiger partial charge in [0.2, 0.25) is 0 Å². The Morgan fingerprint density at radius 3 is 2.50 bits per heavy atom. The van der Waals surface area contributed by atoms with Crippen LogP contribution in [0.2, 0.25) is 0 Å². The first kappa shape index (κ1) is 21.9. The number of benzene rings is 2. The topological polar surface area (TPSA) is 125 Å². The highest BCUT2D eigenvalue weighted by molar-refractivity contribution is 7.87. The van der Waals surface area contributed by atoms with E-state index >= 15 is 0 Å². The lowest BCUT2D eigenvalue weighted by Crippen LogP contribution is -2.30. The Morgan fingerprint density at radius 2 is 1.87 bits per heavy atom. The third-order valence-electron chi connectivity index (χ3n) is 4.99. The molecule has 160 valence electrons. The number of aliphatic hydroxyl groups is 2. The summed E-state index contributed by atoms with van der Waals surface area (Å²) in [6.07, 6.45) is 2.28. The maximum atomic E-state index is 12.3. The Balaban J connectivity index is 2.08. The highest BCUT2D eigenvalue weighted by atomic mass is 32.2. The first-order valence-corrected chi connectivity index (χ1v) is 10.6. The molecule has 30 heavy (non-hydrogen) atoms. The van der Waals surface area contributed by atoms with Crippen molar-refractivity contribution in [3.05, 3.63) is 65.7 Å². The smallest absolute Gasteiger partial charge is 0.308 e. The molecule has 0 radical (unpaired) electrons. The van der Waals surface area contributed by atoms with E-state index in [1.165, 1.54) is 20.3 Å². The molecule has 10 heteroatoms. The summed E-state index contributed by atoms with van der Waals surface area (Å²) in [4.78, 5) is 15.9. The van der Waals surface area contributed by atoms with Crippen LogP contribution >= 0.6 is 0 Å². The molecule has 9 nitrogen and oxygen atoms in total. The molecule has 0 saturated heterocycles. The summed E-state index contributed by atoms with van der Waals surface area (Å²) in [6, 6.07) is 10.3. The molecule has 2 aromatic carbocycles. The summed E-state index contributed by atoms with van der Waals surface area (Å²) in [6.45, 7) is -0.336. The van der Waals surface area contributed by atoms with Gasteiger partial charge in [0.05, 0.1) is 5.69 Å². The van der Waals surface area contributed by atoms with E-state index < -0.39 is 15.8 Å². The lowest BCUT2D eigenvalue weighted by molar-refractivity contribution is 0.0474. The SMILES string of the molecule is CNC(=O)c1ccc2cc([C@@](O)(CCO)c3cn(S(=O)(=O)N(C)C)cn3)ccc2c1. The zero-order valence-electron chi connectivity index (χ0n) is 16.9. The average Bonchev–Trinajstić information content (AvgIpc) is 3.24. The monoisotopic (exact) mass is 432 g/mol. The van der Waals surface area contributed by atoms with Crippen LogP contribution in [0.15, 0.2) is 48.9 Å². The van der Waals surface area contributed by atoms with Crippen molar-refractivity contribution in [2.75, 3.05) is 27.7 Å². The average molecular weight is 433 g/mol. The van der Waals surface area contributed by atoms with E-state index in [0.29, 0.717) is 11.1 Å². The Hall–Kier alpha value is -2.79. The van der Waals surface area contributed by atoms with Gasteiger partial charge in [-0.25, -0.2) is 8.96 Å². The number of nitrogens with zero attached hydrogens (tertiary/aromatic N) is 3. The summed E-state index contributed by atoms with van der Waals surface area (Å²) < 4.78 is 26.6. The quantitative estimate of drug-likeness (QED) is 0.504. The number of aromatic nitrogens is 2.